The van der Waals surface area contributed by atoms with Gasteiger partial charge in [-0.05, 0) is 10.6 Å². The molecule has 1 nitrogen and oxygen atoms in total. The van der Waals surface area contributed by atoms with Gasteiger partial charge in [-0.15, -0.1) is 11.3 Å². The molecule has 0 atom stereocenters. The Balaban J connectivity index is 3.30. The fraction of sp³-hybridized carbons (Fsp3) is 0.444. The molecular formula is C9H11F3OSSi. The number of rotatable bonds is 2. The van der Waals surface area contributed by atoms with Crippen molar-refractivity contribution in [2.45, 2.75) is 25.8 Å². The maximum atomic E-state index is 12.5. The van der Waals surface area contributed by atoms with Gasteiger partial charge in [-0.3, -0.25) is 4.79 Å². The Labute approximate surface area is 90.9 Å². The second-order valence-electron chi connectivity index (χ2n) is 4.26. The van der Waals surface area contributed by atoms with Crippen LogP contribution in [0.15, 0.2) is 6.07 Å². The molecule has 0 fully saturated rings. The maximum absolute atomic E-state index is 12.5. The third-order valence-corrected chi connectivity index (χ3v) is 6.66. The van der Waals surface area contributed by atoms with E-state index in [1.807, 2.05) is 19.6 Å². The number of aldehydes is 1. The van der Waals surface area contributed by atoms with E-state index in [9.17, 15) is 18.0 Å². The molecule has 0 aliphatic heterocycles. The minimum atomic E-state index is -4.42. The summed E-state index contributed by atoms with van der Waals surface area (Å²) < 4.78 is 38.2. The largest absolute Gasteiger partial charge is 0.426 e. The van der Waals surface area contributed by atoms with Crippen molar-refractivity contribution in [3.8, 4) is 0 Å². The number of halogens is 3. The third-order valence-electron chi connectivity index (χ3n) is 1.88. The van der Waals surface area contributed by atoms with Gasteiger partial charge in [-0.1, -0.05) is 19.6 Å². The Morgan fingerprint density at radius 3 is 2.13 bits per heavy atom. The summed E-state index contributed by atoms with van der Waals surface area (Å²) >= 11 is 0.703. The average Bonchev–Trinajstić information content (AvgIpc) is 2.44. The van der Waals surface area contributed by atoms with Crippen molar-refractivity contribution in [1.29, 1.82) is 0 Å². The standard InChI is InChI=1S/C9H11F3OSSi/c1-15(2,3)7-4-6(5-13)8(14-7)9(10,11)12/h4-5H,1-3H3. The van der Waals surface area contributed by atoms with Crippen molar-refractivity contribution in [1.82, 2.24) is 0 Å². The normalized spacial score (nSPS) is 12.9. The molecule has 84 valence electrons. The van der Waals surface area contributed by atoms with Crippen LogP contribution < -0.4 is 4.50 Å². The van der Waals surface area contributed by atoms with Crippen molar-refractivity contribution in [3.63, 3.8) is 0 Å². The van der Waals surface area contributed by atoms with Crippen molar-refractivity contribution in [2.24, 2.45) is 0 Å². The molecule has 1 aromatic heterocycles. The number of hydrogen-bond donors (Lipinski definition) is 0. The van der Waals surface area contributed by atoms with E-state index in [1.54, 1.807) is 0 Å². The molecule has 0 amide bonds. The van der Waals surface area contributed by atoms with Crippen LogP contribution in [0.25, 0.3) is 0 Å². The van der Waals surface area contributed by atoms with Gasteiger partial charge in [0, 0.05) is 5.56 Å². The van der Waals surface area contributed by atoms with Gasteiger partial charge in [0.25, 0.3) is 0 Å². The molecule has 0 radical (unpaired) electrons. The van der Waals surface area contributed by atoms with Gasteiger partial charge in [-0.2, -0.15) is 13.2 Å². The van der Waals surface area contributed by atoms with Gasteiger partial charge in [-0.25, -0.2) is 0 Å². The summed E-state index contributed by atoms with van der Waals surface area (Å²) in [6.45, 7) is 5.86. The SMILES string of the molecule is C[Si](C)(C)c1cc(C=O)c(C(F)(F)F)s1. The molecule has 1 rings (SSSR count). The zero-order valence-corrected chi connectivity index (χ0v) is 10.4. The lowest BCUT2D eigenvalue weighted by molar-refractivity contribution is -0.134. The Morgan fingerprint density at radius 1 is 1.33 bits per heavy atom. The van der Waals surface area contributed by atoms with Crippen LogP contribution in [0.2, 0.25) is 19.6 Å². The third kappa shape index (κ3) is 2.69. The molecule has 0 aromatic carbocycles. The summed E-state index contributed by atoms with van der Waals surface area (Å²) in [6.07, 6.45) is -4.14. The Morgan fingerprint density at radius 2 is 1.87 bits per heavy atom. The number of carbonyl (C=O) groups is 1. The predicted octanol–water partition coefficient (Wildman–Crippen LogP) is 3.12. The Kier molecular flexibility index (Phi) is 3.11. The average molecular weight is 252 g/mol. The van der Waals surface area contributed by atoms with Gasteiger partial charge in [0.1, 0.15) is 4.88 Å². The second-order valence-corrected chi connectivity index (χ2v) is 10.7. The van der Waals surface area contributed by atoms with Crippen LogP contribution in [-0.4, -0.2) is 14.4 Å². The van der Waals surface area contributed by atoms with Crippen LogP contribution in [-0.2, 0) is 6.18 Å². The molecule has 0 aliphatic rings. The second kappa shape index (κ2) is 3.75. The van der Waals surface area contributed by atoms with E-state index >= 15 is 0 Å². The van der Waals surface area contributed by atoms with Gasteiger partial charge in [0.15, 0.2) is 6.29 Å². The van der Waals surface area contributed by atoms with E-state index in [4.69, 9.17) is 0 Å². The van der Waals surface area contributed by atoms with Crippen molar-refractivity contribution >= 4 is 30.2 Å². The zero-order valence-electron chi connectivity index (χ0n) is 8.61. The minimum absolute atomic E-state index is 0.232. The van der Waals surface area contributed by atoms with Crippen LogP contribution in [0.1, 0.15) is 15.2 Å². The molecule has 0 aliphatic carbocycles. The highest BCUT2D eigenvalue weighted by molar-refractivity contribution is 7.26. The molecular weight excluding hydrogens is 241 g/mol. The molecule has 0 spiro atoms. The molecule has 1 aromatic rings. The molecule has 6 heteroatoms. The fourth-order valence-electron chi connectivity index (χ4n) is 1.08. The molecule has 0 N–H and O–H groups in total. The van der Waals surface area contributed by atoms with E-state index in [-0.39, 0.29) is 11.8 Å². The lowest BCUT2D eigenvalue weighted by Crippen LogP contribution is -2.34. The maximum Gasteiger partial charge on any atom is 0.426 e. The van der Waals surface area contributed by atoms with Gasteiger partial charge >= 0.3 is 6.18 Å². The minimum Gasteiger partial charge on any atom is -0.298 e. The fourth-order valence-corrected chi connectivity index (χ4v) is 3.95. The van der Waals surface area contributed by atoms with E-state index in [0.29, 0.717) is 15.8 Å². The topological polar surface area (TPSA) is 17.1 Å². The number of alkyl halides is 3. The van der Waals surface area contributed by atoms with Crippen molar-refractivity contribution in [3.05, 3.63) is 16.5 Å². The van der Waals surface area contributed by atoms with E-state index in [2.05, 4.69) is 0 Å². The smallest absolute Gasteiger partial charge is 0.298 e. The first kappa shape index (κ1) is 12.4. The summed E-state index contributed by atoms with van der Waals surface area (Å²) in [6, 6.07) is 1.38. The molecule has 0 unspecified atom stereocenters. The van der Waals surface area contributed by atoms with Crippen LogP contribution in [0.5, 0.6) is 0 Å². The Hall–Kier alpha value is -0.623. The number of hydrogen-bond acceptors (Lipinski definition) is 2. The highest BCUT2D eigenvalue weighted by Crippen LogP contribution is 2.35. The highest BCUT2D eigenvalue weighted by atomic mass is 32.1. The lowest BCUT2D eigenvalue weighted by atomic mass is 10.3. The van der Waals surface area contributed by atoms with Gasteiger partial charge in [0.2, 0.25) is 0 Å². The summed E-state index contributed by atoms with van der Waals surface area (Å²) in [5.41, 5.74) is -0.232. The number of thiophene rings is 1. The molecule has 15 heavy (non-hydrogen) atoms. The highest BCUT2D eigenvalue weighted by Gasteiger charge is 2.37. The van der Waals surface area contributed by atoms with E-state index in [1.165, 1.54) is 6.07 Å². The lowest BCUT2D eigenvalue weighted by Gasteiger charge is -2.12. The summed E-state index contributed by atoms with van der Waals surface area (Å²) in [5, 5.41) is 0. The van der Waals surface area contributed by atoms with E-state index < -0.39 is 19.1 Å². The molecule has 0 saturated heterocycles. The Bertz CT molecular complexity index is 376. The van der Waals surface area contributed by atoms with Crippen molar-refractivity contribution in [2.75, 3.05) is 0 Å². The van der Waals surface area contributed by atoms with Gasteiger partial charge in [0.05, 0.1) is 8.07 Å². The summed E-state index contributed by atoms with van der Waals surface area (Å²) in [7, 11) is -1.78. The zero-order chi connectivity index (χ0) is 11.9. The summed E-state index contributed by atoms with van der Waals surface area (Å²) in [4.78, 5) is 9.77. The first-order valence-electron chi connectivity index (χ1n) is 4.33. The molecule has 1 heterocycles. The van der Waals surface area contributed by atoms with Crippen LogP contribution in [0.4, 0.5) is 13.2 Å². The summed E-state index contributed by atoms with van der Waals surface area (Å²) in [5.74, 6) is 0. The van der Waals surface area contributed by atoms with E-state index in [0.717, 1.165) is 0 Å². The molecule has 0 bridgehead atoms. The first-order valence-corrected chi connectivity index (χ1v) is 8.64. The molecule has 0 saturated carbocycles. The van der Waals surface area contributed by atoms with Crippen LogP contribution >= 0.6 is 11.3 Å². The number of carbonyl (C=O) groups excluding carboxylic acids is 1. The van der Waals surface area contributed by atoms with Crippen molar-refractivity contribution < 1.29 is 18.0 Å². The quantitative estimate of drug-likeness (QED) is 0.584. The van der Waals surface area contributed by atoms with Crippen LogP contribution in [0, 0.1) is 0 Å². The monoisotopic (exact) mass is 252 g/mol. The van der Waals surface area contributed by atoms with Crippen LogP contribution in [0.3, 0.4) is 0 Å². The van der Waals surface area contributed by atoms with Gasteiger partial charge < -0.3 is 0 Å². The predicted molar refractivity (Wildman–Crippen MR) is 57.7 cm³/mol. The first-order chi connectivity index (χ1) is 6.66.